The van der Waals surface area contributed by atoms with Gasteiger partial charge in [-0.05, 0) is 55.9 Å². The number of hydrogen-bond donors (Lipinski definition) is 1. The van der Waals surface area contributed by atoms with E-state index in [1.807, 2.05) is 0 Å². The largest absolute Gasteiger partial charge is 0.314 e. The molecule has 1 aliphatic carbocycles. The third-order valence-electron chi connectivity index (χ3n) is 5.41. The second-order valence-electron chi connectivity index (χ2n) is 6.95. The highest BCUT2D eigenvalue weighted by molar-refractivity contribution is 4.87. The summed E-state index contributed by atoms with van der Waals surface area (Å²) in [5.41, 5.74) is 0. The lowest BCUT2D eigenvalue weighted by atomic mass is 9.69. The third-order valence-corrected chi connectivity index (χ3v) is 5.41. The van der Waals surface area contributed by atoms with Crippen molar-refractivity contribution < 1.29 is 0 Å². The SMILES string of the molecule is CCCC(CCC)C(NCC)C1CCC(C)C(C)C1. The Kier molecular flexibility index (Phi) is 8.06. The Bertz CT molecular complexity index is 220. The van der Waals surface area contributed by atoms with Crippen molar-refractivity contribution in [2.45, 2.75) is 85.6 Å². The van der Waals surface area contributed by atoms with Gasteiger partial charge >= 0.3 is 0 Å². The van der Waals surface area contributed by atoms with Crippen molar-refractivity contribution in [3.8, 4) is 0 Å². The average Bonchev–Trinajstić information content (AvgIpc) is 2.39. The molecule has 0 aromatic rings. The van der Waals surface area contributed by atoms with E-state index in [9.17, 15) is 0 Å². The van der Waals surface area contributed by atoms with Crippen molar-refractivity contribution in [3.05, 3.63) is 0 Å². The first-order chi connectivity index (χ1) is 9.13. The molecule has 1 rings (SSSR count). The Morgan fingerprint density at radius 2 is 1.58 bits per heavy atom. The van der Waals surface area contributed by atoms with E-state index in [4.69, 9.17) is 0 Å². The van der Waals surface area contributed by atoms with Gasteiger partial charge in [0.25, 0.3) is 0 Å². The second kappa shape index (κ2) is 9.00. The fraction of sp³-hybridized carbons (Fsp3) is 1.00. The summed E-state index contributed by atoms with van der Waals surface area (Å²) in [5.74, 6) is 3.69. The van der Waals surface area contributed by atoms with Crippen LogP contribution in [0.1, 0.15) is 79.6 Å². The van der Waals surface area contributed by atoms with Gasteiger partial charge in [0.15, 0.2) is 0 Å². The van der Waals surface area contributed by atoms with Crippen molar-refractivity contribution in [1.29, 1.82) is 0 Å². The predicted octanol–water partition coefficient (Wildman–Crippen LogP) is 5.25. The molecule has 4 atom stereocenters. The van der Waals surface area contributed by atoms with Crippen LogP contribution in [0.25, 0.3) is 0 Å². The van der Waals surface area contributed by atoms with Gasteiger partial charge in [-0.25, -0.2) is 0 Å². The maximum atomic E-state index is 3.86. The van der Waals surface area contributed by atoms with Crippen molar-refractivity contribution >= 4 is 0 Å². The molecule has 19 heavy (non-hydrogen) atoms. The molecule has 4 unspecified atom stereocenters. The quantitative estimate of drug-likeness (QED) is 0.633. The molecule has 1 heteroatoms. The van der Waals surface area contributed by atoms with Crippen LogP contribution in [0.2, 0.25) is 0 Å². The summed E-state index contributed by atoms with van der Waals surface area (Å²) in [7, 11) is 0. The van der Waals surface area contributed by atoms with Gasteiger partial charge in [0.2, 0.25) is 0 Å². The van der Waals surface area contributed by atoms with Crippen LogP contribution in [0.5, 0.6) is 0 Å². The van der Waals surface area contributed by atoms with Gasteiger partial charge in [0.1, 0.15) is 0 Å². The third kappa shape index (κ3) is 5.10. The van der Waals surface area contributed by atoms with Crippen molar-refractivity contribution in [2.24, 2.45) is 23.7 Å². The minimum atomic E-state index is 0.778. The van der Waals surface area contributed by atoms with Crippen LogP contribution in [0, 0.1) is 23.7 Å². The molecule has 0 bridgehead atoms. The molecule has 1 saturated carbocycles. The van der Waals surface area contributed by atoms with Gasteiger partial charge in [0, 0.05) is 6.04 Å². The standard InChI is InChI=1S/C18H37N/c1-6-9-16(10-7-2)18(19-8-3)17-12-11-14(4)15(5)13-17/h14-19H,6-13H2,1-5H3. The zero-order chi connectivity index (χ0) is 14.3. The molecule has 1 nitrogen and oxygen atoms in total. The molecule has 0 amide bonds. The summed E-state index contributed by atoms with van der Waals surface area (Å²) in [6.07, 6.45) is 9.84. The first-order valence-corrected chi connectivity index (χ1v) is 8.87. The topological polar surface area (TPSA) is 12.0 Å². The zero-order valence-electron chi connectivity index (χ0n) is 14.0. The molecule has 1 aliphatic rings. The Balaban J connectivity index is 2.68. The molecule has 0 radical (unpaired) electrons. The summed E-state index contributed by atoms with van der Waals surface area (Å²) in [4.78, 5) is 0. The van der Waals surface area contributed by atoms with Gasteiger partial charge in [-0.15, -0.1) is 0 Å². The van der Waals surface area contributed by atoms with E-state index in [1.54, 1.807) is 0 Å². The maximum absolute atomic E-state index is 3.86. The van der Waals surface area contributed by atoms with Gasteiger partial charge in [-0.3, -0.25) is 0 Å². The Labute approximate surface area is 121 Å². The summed E-state index contributed by atoms with van der Waals surface area (Å²) >= 11 is 0. The first-order valence-electron chi connectivity index (χ1n) is 8.87. The van der Waals surface area contributed by atoms with Crippen LogP contribution in [-0.2, 0) is 0 Å². The highest BCUT2D eigenvalue weighted by Gasteiger charge is 2.33. The number of rotatable bonds is 8. The van der Waals surface area contributed by atoms with E-state index >= 15 is 0 Å². The lowest BCUT2D eigenvalue weighted by Gasteiger charge is -2.40. The average molecular weight is 268 g/mol. The van der Waals surface area contributed by atoms with E-state index in [1.165, 1.54) is 44.9 Å². The molecule has 0 aliphatic heterocycles. The van der Waals surface area contributed by atoms with Gasteiger partial charge in [-0.2, -0.15) is 0 Å². The summed E-state index contributed by atoms with van der Waals surface area (Å²) in [6, 6.07) is 0.778. The van der Waals surface area contributed by atoms with E-state index in [2.05, 4.69) is 39.9 Å². The summed E-state index contributed by atoms with van der Waals surface area (Å²) in [6.45, 7) is 13.0. The van der Waals surface area contributed by atoms with Crippen molar-refractivity contribution in [2.75, 3.05) is 6.54 Å². The normalized spacial score (nSPS) is 29.7. The minimum absolute atomic E-state index is 0.778. The Hall–Kier alpha value is -0.0400. The molecule has 1 fully saturated rings. The molecule has 114 valence electrons. The highest BCUT2D eigenvalue weighted by atomic mass is 14.9. The summed E-state index contributed by atoms with van der Waals surface area (Å²) < 4.78 is 0. The monoisotopic (exact) mass is 267 g/mol. The van der Waals surface area contributed by atoms with Crippen LogP contribution >= 0.6 is 0 Å². The smallest absolute Gasteiger partial charge is 0.0124 e. The summed E-state index contributed by atoms with van der Waals surface area (Å²) in [5, 5.41) is 3.86. The number of hydrogen-bond acceptors (Lipinski definition) is 1. The van der Waals surface area contributed by atoms with Crippen molar-refractivity contribution in [1.82, 2.24) is 5.32 Å². The predicted molar refractivity (Wildman–Crippen MR) is 86.4 cm³/mol. The molecule has 0 aromatic carbocycles. The van der Waals surface area contributed by atoms with Crippen molar-refractivity contribution in [3.63, 3.8) is 0 Å². The van der Waals surface area contributed by atoms with E-state index in [0.29, 0.717) is 0 Å². The minimum Gasteiger partial charge on any atom is -0.314 e. The van der Waals surface area contributed by atoms with E-state index in [-0.39, 0.29) is 0 Å². The Morgan fingerprint density at radius 3 is 2.05 bits per heavy atom. The second-order valence-corrected chi connectivity index (χ2v) is 6.95. The zero-order valence-corrected chi connectivity index (χ0v) is 14.0. The molecule has 1 N–H and O–H groups in total. The van der Waals surface area contributed by atoms with E-state index < -0.39 is 0 Å². The van der Waals surface area contributed by atoms with Crippen LogP contribution in [0.4, 0.5) is 0 Å². The molecule has 0 spiro atoms. The highest BCUT2D eigenvalue weighted by Crippen LogP contribution is 2.38. The lowest BCUT2D eigenvalue weighted by Crippen LogP contribution is -2.44. The van der Waals surface area contributed by atoms with Crippen LogP contribution in [-0.4, -0.2) is 12.6 Å². The van der Waals surface area contributed by atoms with Gasteiger partial charge in [-0.1, -0.05) is 53.9 Å². The maximum Gasteiger partial charge on any atom is 0.0124 e. The fourth-order valence-corrected chi connectivity index (χ4v) is 4.11. The van der Waals surface area contributed by atoms with Crippen LogP contribution in [0.15, 0.2) is 0 Å². The Morgan fingerprint density at radius 1 is 0.947 bits per heavy atom. The van der Waals surface area contributed by atoms with Gasteiger partial charge < -0.3 is 5.32 Å². The molecule has 0 heterocycles. The molecular weight excluding hydrogens is 230 g/mol. The fourth-order valence-electron chi connectivity index (χ4n) is 4.11. The molecule has 0 aromatic heterocycles. The van der Waals surface area contributed by atoms with E-state index in [0.717, 1.165) is 36.3 Å². The lowest BCUT2D eigenvalue weighted by molar-refractivity contribution is 0.133. The van der Waals surface area contributed by atoms with Crippen LogP contribution < -0.4 is 5.32 Å². The van der Waals surface area contributed by atoms with Crippen LogP contribution in [0.3, 0.4) is 0 Å². The van der Waals surface area contributed by atoms with Gasteiger partial charge in [0.05, 0.1) is 0 Å². The molecule has 0 saturated heterocycles. The number of nitrogens with one attached hydrogen (secondary N) is 1. The molecular formula is C18H37N. The first kappa shape index (κ1) is 17.0.